The first-order valence-corrected chi connectivity index (χ1v) is 15.8. The Bertz CT molecular complexity index is 1390. The van der Waals surface area contributed by atoms with Gasteiger partial charge in [-0.1, -0.05) is 19.9 Å². The van der Waals surface area contributed by atoms with Gasteiger partial charge >= 0.3 is 13.1 Å². The lowest BCUT2D eigenvalue weighted by Crippen LogP contribution is -2.65. The van der Waals surface area contributed by atoms with Gasteiger partial charge in [-0.3, -0.25) is 9.78 Å². The van der Waals surface area contributed by atoms with Crippen LogP contribution < -0.4 is 4.74 Å². The minimum absolute atomic E-state index is 0.0516. The summed E-state index contributed by atoms with van der Waals surface area (Å²) >= 11 is 0. The first-order chi connectivity index (χ1) is 20.2. The van der Waals surface area contributed by atoms with Crippen molar-refractivity contribution in [3.63, 3.8) is 0 Å². The predicted octanol–water partition coefficient (Wildman–Crippen LogP) is 5.45. The van der Waals surface area contributed by atoms with Crippen LogP contribution >= 0.6 is 0 Å². The lowest BCUT2D eigenvalue weighted by Gasteiger charge is -2.64. The van der Waals surface area contributed by atoms with Crippen molar-refractivity contribution in [3.05, 3.63) is 58.9 Å². The van der Waals surface area contributed by atoms with Gasteiger partial charge in [0.2, 0.25) is 5.91 Å². The summed E-state index contributed by atoms with van der Waals surface area (Å²) in [5, 5.41) is 0. The van der Waals surface area contributed by atoms with Gasteiger partial charge in [0.25, 0.3) is 0 Å². The van der Waals surface area contributed by atoms with E-state index in [0.717, 1.165) is 29.4 Å². The average molecular weight is 589 g/mol. The fraction of sp³-hybridized carbons (Fsp3) is 0.618. The van der Waals surface area contributed by atoms with Gasteiger partial charge in [0.05, 0.1) is 31.2 Å². The standard InChI is InChI=1S/C34H45BN2O6/c1-21-23(10-13-35-42-28-18-24-17-27(33(24,5)6)34(28,7)43-35)8-9-26(30(21)31(39)41-32(2,3)4)40-25-19-37(20-25)29(38)16-22-11-14-36-15-12-22/h8-9,11-12,14-15,24-25,27-28H,10,13,16-20H2,1-7H3/t24-,27-,28+,34-/m0/s1. The van der Waals surface area contributed by atoms with Crippen molar-refractivity contribution in [2.75, 3.05) is 13.1 Å². The van der Waals surface area contributed by atoms with Crippen LogP contribution in [0.15, 0.2) is 36.7 Å². The Labute approximate surface area is 256 Å². The molecule has 7 rings (SSSR count). The molecular weight excluding hydrogens is 543 g/mol. The molecular formula is C34H45BN2O6. The average Bonchev–Trinajstić information content (AvgIpc) is 3.25. The molecule has 1 aromatic carbocycles. The number of likely N-dealkylation sites (tertiary alicyclic amines) is 1. The number of aromatic nitrogens is 1. The summed E-state index contributed by atoms with van der Waals surface area (Å²) < 4.78 is 25.2. The Kier molecular flexibility index (Phi) is 7.65. The van der Waals surface area contributed by atoms with E-state index in [2.05, 4.69) is 25.8 Å². The van der Waals surface area contributed by atoms with Gasteiger partial charge in [-0.05, 0) is 112 Å². The van der Waals surface area contributed by atoms with Crippen molar-refractivity contribution in [1.29, 1.82) is 0 Å². The van der Waals surface area contributed by atoms with Crippen LogP contribution in [0.25, 0.3) is 0 Å². The zero-order chi connectivity index (χ0) is 30.7. The molecule has 0 N–H and O–H groups in total. The number of benzene rings is 1. The minimum atomic E-state index is -0.644. The third-order valence-corrected chi connectivity index (χ3v) is 10.4. The van der Waals surface area contributed by atoms with Crippen LogP contribution in [0.3, 0.4) is 0 Å². The zero-order valence-electron chi connectivity index (χ0n) is 26.6. The second-order valence-electron chi connectivity index (χ2n) is 14.7. The number of rotatable bonds is 8. The molecule has 0 radical (unpaired) electrons. The van der Waals surface area contributed by atoms with Crippen LogP contribution in [0, 0.1) is 24.2 Å². The highest BCUT2D eigenvalue weighted by molar-refractivity contribution is 6.45. The largest absolute Gasteiger partial charge is 0.486 e. The molecule has 1 aromatic heterocycles. The molecule has 5 aliphatic rings. The van der Waals surface area contributed by atoms with E-state index >= 15 is 0 Å². The maximum Gasteiger partial charge on any atom is 0.457 e. The number of hydrogen-bond donors (Lipinski definition) is 0. The summed E-state index contributed by atoms with van der Waals surface area (Å²) in [6.45, 7) is 15.5. The molecule has 4 atom stereocenters. The SMILES string of the molecule is Cc1c(CCB2O[C@@H]3C[C@@H]4C[C@@H](C4(C)C)[C@]3(C)O2)ccc(OC2CN(C(=O)Cc3ccncc3)C2)c1C(=O)OC(C)(C)C. The summed E-state index contributed by atoms with van der Waals surface area (Å²) in [7, 11) is -0.254. The van der Waals surface area contributed by atoms with Gasteiger partial charge in [0, 0.05) is 12.4 Å². The van der Waals surface area contributed by atoms with E-state index in [1.54, 1.807) is 17.3 Å². The van der Waals surface area contributed by atoms with E-state index in [1.807, 2.05) is 52.0 Å². The van der Waals surface area contributed by atoms with Gasteiger partial charge in [-0.25, -0.2) is 4.79 Å². The Balaban J connectivity index is 1.12. The minimum Gasteiger partial charge on any atom is -0.486 e. The van der Waals surface area contributed by atoms with Crippen molar-refractivity contribution in [1.82, 2.24) is 9.88 Å². The first-order valence-electron chi connectivity index (χ1n) is 15.8. The summed E-state index contributed by atoms with van der Waals surface area (Å²) in [6.07, 6.45) is 7.42. The number of carbonyl (C=O) groups is 2. The van der Waals surface area contributed by atoms with Gasteiger partial charge in [0.15, 0.2) is 0 Å². The molecule has 2 aliphatic heterocycles. The predicted molar refractivity (Wildman–Crippen MR) is 164 cm³/mol. The third-order valence-electron chi connectivity index (χ3n) is 10.4. The van der Waals surface area contributed by atoms with E-state index < -0.39 is 11.6 Å². The van der Waals surface area contributed by atoms with Crippen LogP contribution in [0.4, 0.5) is 0 Å². The number of pyridine rings is 1. The van der Waals surface area contributed by atoms with E-state index in [-0.39, 0.29) is 30.8 Å². The van der Waals surface area contributed by atoms with Crippen LogP contribution in [-0.4, -0.2) is 65.4 Å². The Morgan fingerprint density at radius 3 is 2.49 bits per heavy atom. The Hall–Kier alpha value is -2.91. The monoisotopic (exact) mass is 588 g/mol. The topological polar surface area (TPSA) is 87.2 Å². The van der Waals surface area contributed by atoms with Gasteiger partial charge in [0.1, 0.15) is 23.0 Å². The second-order valence-corrected chi connectivity index (χ2v) is 14.7. The molecule has 2 aromatic rings. The van der Waals surface area contributed by atoms with Crippen molar-refractivity contribution in [2.24, 2.45) is 17.3 Å². The molecule has 230 valence electrons. The summed E-state index contributed by atoms with van der Waals surface area (Å²) in [5.41, 5.74) is 2.72. The van der Waals surface area contributed by atoms with E-state index in [4.69, 9.17) is 18.8 Å². The second kappa shape index (κ2) is 10.9. The van der Waals surface area contributed by atoms with Crippen LogP contribution in [0.2, 0.25) is 6.32 Å². The highest BCUT2D eigenvalue weighted by Crippen LogP contribution is 2.65. The molecule has 2 saturated heterocycles. The number of aryl methyl sites for hydroxylation is 1. The fourth-order valence-electron chi connectivity index (χ4n) is 7.71. The molecule has 3 aliphatic carbocycles. The van der Waals surface area contributed by atoms with Gasteiger partial charge < -0.3 is 23.7 Å². The first kappa shape index (κ1) is 30.1. The van der Waals surface area contributed by atoms with Crippen LogP contribution in [-0.2, 0) is 31.7 Å². The lowest BCUT2D eigenvalue weighted by molar-refractivity contribution is -0.199. The molecule has 1 amide bonds. The van der Waals surface area contributed by atoms with E-state index in [0.29, 0.717) is 54.5 Å². The molecule has 0 spiro atoms. The van der Waals surface area contributed by atoms with Gasteiger partial charge in [-0.15, -0.1) is 0 Å². The molecule has 3 saturated carbocycles. The lowest BCUT2D eigenvalue weighted by atomic mass is 9.43. The van der Waals surface area contributed by atoms with Crippen LogP contribution in [0.1, 0.15) is 81.4 Å². The van der Waals surface area contributed by atoms with Gasteiger partial charge in [-0.2, -0.15) is 0 Å². The summed E-state index contributed by atoms with van der Waals surface area (Å²) in [5.74, 6) is 1.39. The zero-order valence-corrected chi connectivity index (χ0v) is 26.6. The quantitative estimate of drug-likeness (QED) is 0.300. The number of ether oxygens (including phenoxy) is 2. The Morgan fingerprint density at radius 2 is 1.81 bits per heavy atom. The number of nitrogens with zero attached hydrogens (tertiary/aromatic N) is 2. The number of hydrogen-bond acceptors (Lipinski definition) is 7. The maximum atomic E-state index is 13.5. The van der Waals surface area contributed by atoms with Crippen molar-refractivity contribution in [2.45, 2.75) is 104 Å². The highest BCUT2D eigenvalue weighted by atomic mass is 16.7. The number of esters is 1. The van der Waals surface area contributed by atoms with E-state index in [1.165, 1.54) is 6.42 Å². The number of amides is 1. The molecule has 2 bridgehead atoms. The smallest absolute Gasteiger partial charge is 0.457 e. The van der Waals surface area contributed by atoms with Crippen molar-refractivity contribution >= 4 is 19.0 Å². The van der Waals surface area contributed by atoms with E-state index in [9.17, 15) is 9.59 Å². The molecule has 8 nitrogen and oxygen atoms in total. The maximum absolute atomic E-state index is 13.5. The summed E-state index contributed by atoms with van der Waals surface area (Å²) in [4.78, 5) is 32.0. The molecule has 9 heteroatoms. The fourth-order valence-corrected chi connectivity index (χ4v) is 7.71. The Morgan fingerprint density at radius 1 is 1.09 bits per heavy atom. The third kappa shape index (κ3) is 5.71. The highest BCUT2D eigenvalue weighted by Gasteiger charge is 2.67. The van der Waals surface area contributed by atoms with Crippen molar-refractivity contribution in [3.8, 4) is 5.75 Å². The molecule has 0 unspecified atom stereocenters. The number of carbonyl (C=O) groups excluding carboxylic acids is 2. The molecule has 3 heterocycles. The molecule has 5 fully saturated rings. The van der Waals surface area contributed by atoms with Crippen LogP contribution in [0.5, 0.6) is 5.75 Å². The molecule has 43 heavy (non-hydrogen) atoms. The normalized spacial score (nSPS) is 27.7. The summed E-state index contributed by atoms with van der Waals surface area (Å²) in [6, 6.07) is 7.61. The van der Waals surface area contributed by atoms with Crippen molar-refractivity contribution < 1.29 is 28.4 Å².